The molecular formula is C28H19ClN7Na3O10S2. The van der Waals surface area contributed by atoms with Gasteiger partial charge in [0.05, 0.1) is 46.1 Å². The molecule has 0 spiro atoms. The van der Waals surface area contributed by atoms with E-state index in [9.17, 15) is 35.8 Å². The number of fused-ring (bicyclic) bond motifs is 1. The average molecular weight is 782 g/mol. The van der Waals surface area contributed by atoms with Crippen LogP contribution in [-0.2, 0) is 26.8 Å². The molecule has 0 unspecified atom stereocenters. The average Bonchev–Trinajstić information content (AvgIpc) is 3.02. The number of hydrogen-bond donors (Lipinski definition) is 3. The maximum Gasteiger partial charge on any atom is 1.00 e. The van der Waals surface area contributed by atoms with Gasteiger partial charge in [-0.3, -0.25) is 0 Å². The summed E-state index contributed by atoms with van der Waals surface area (Å²) in [6, 6.07) is 14.0. The molecule has 0 bridgehead atoms. The van der Waals surface area contributed by atoms with Crippen molar-refractivity contribution in [3.8, 4) is 11.5 Å². The van der Waals surface area contributed by atoms with Gasteiger partial charge in [0.2, 0.25) is 11.2 Å². The molecule has 1 heterocycles. The van der Waals surface area contributed by atoms with Gasteiger partial charge in [0.25, 0.3) is 0 Å². The van der Waals surface area contributed by atoms with E-state index in [1.165, 1.54) is 61.7 Å². The first-order chi connectivity index (χ1) is 22.6. The molecule has 5 rings (SSSR count). The number of azo groups is 1. The van der Waals surface area contributed by atoms with Crippen molar-refractivity contribution in [3.05, 3.63) is 83.4 Å². The molecule has 23 heteroatoms. The van der Waals surface area contributed by atoms with Crippen LogP contribution in [0, 0.1) is 0 Å². The number of aromatic carboxylic acids is 1. The zero-order valence-corrected chi connectivity index (χ0v) is 35.5. The van der Waals surface area contributed by atoms with E-state index in [-0.39, 0.29) is 146 Å². The number of carboxylic acids is 1. The fourth-order valence-corrected chi connectivity index (χ4v) is 5.75. The van der Waals surface area contributed by atoms with Crippen LogP contribution in [0.25, 0.3) is 10.8 Å². The molecule has 1 aromatic heterocycles. The first kappa shape index (κ1) is 44.7. The Balaban J connectivity index is 0.00000300. The van der Waals surface area contributed by atoms with E-state index in [4.69, 9.17) is 21.4 Å². The van der Waals surface area contributed by atoms with Crippen molar-refractivity contribution in [2.45, 2.75) is 16.3 Å². The summed E-state index contributed by atoms with van der Waals surface area (Å²) in [5.74, 6) is -2.09. The van der Waals surface area contributed by atoms with Crippen LogP contribution in [0.3, 0.4) is 0 Å². The van der Waals surface area contributed by atoms with Gasteiger partial charge in [-0.05, 0) is 83.0 Å². The predicted molar refractivity (Wildman–Crippen MR) is 165 cm³/mol. The molecule has 0 saturated heterocycles. The second-order valence-corrected chi connectivity index (χ2v) is 12.7. The van der Waals surface area contributed by atoms with Crippen LogP contribution in [0.5, 0.6) is 11.5 Å². The van der Waals surface area contributed by atoms with Crippen molar-refractivity contribution in [1.82, 2.24) is 15.0 Å². The molecule has 3 N–H and O–H groups in total. The Morgan fingerprint density at radius 2 is 1.55 bits per heavy atom. The molecule has 0 radical (unpaired) electrons. The number of nitrogens with zero attached hydrogens (tertiary/aromatic N) is 5. The van der Waals surface area contributed by atoms with Crippen LogP contribution in [0.1, 0.15) is 16.2 Å². The van der Waals surface area contributed by atoms with Gasteiger partial charge >= 0.3 is 94.6 Å². The second kappa shape index (κ2) is 18.5. The Hall–Kier alpha value is -2.47. The minimum absolute atomic E-state index is 0. The molecule has 17 nitrogen and oxygen atoms in total. The van der Waals surface area contributed by atoms with Crippen molar-refractivity contribution in [2.24, 2.45) is 10.2 Å². The van der Waals surface area contributed by atoms with E-state index in [1.807, 2.05) is 0 Å². The minimum Gasteiger partial charge on any atom is -0.871 e. The topological polar surface area (TPSA) is 271 Å². The normalized spacial score (nSPS) is 11.2. The third-order valence-electron chi connectivity index (χ3n) is 6.49. The number of hydrogen-bond acceptors (Lipinski definition) is 16. The Labute approximate surface area is 361 Å². The van der Waals surface area contributed by atoms with E-state index in [0.29, 0.717) is 5.69 Å². The van der Waals surface area contributed by atoms with Crippen LogP contribution >= 0.6 is 11.6 Å². The molecule has 4 aromatic carbocycles. The van der Waals surface area contributed by atoms with Crippen molar-refractivity contribution in [2.75, 3.05) is 17.7 Å². The van der Waals surface area contributed by atoms with Gasteiger partial charge in [0.1, 0.15) is 26.0 Å². The molecule has 0 atom stereocenters. The zero-order chi connectivity index (χ0) is 34.8. The summed E-state index contributed by atoms with van der Waals surface area (Å²) in [6.07, 6.45) is 0. The number of ether oxygens (including phenoxy) is 1. The van der Waals surface area contributed by atoms with Gasteiger partial charge in [-0.2, -0.15) is 15.1 Å². The number of benzene rings is 4. The molecule has 0 aliphatic rings. The third kappa shape index (κ3) is 11.3. The molecule has 5 aromatic rings. The molecule has 51 heavy (non-hydrogen) atoms. The Morgan fingerprint density at radius 1 is 0.882 bits per heavy atom. The SMILES string of the molecule is COc1ccc(Nc2nc(Cl)nc(CNc3ccc4c([O-])c(N=Nc5ccc(C(=O)O)cc5)c(S(=O)(=O)[O-])cc4c3)n2)c(S(=O)(=O)[O-])c1.[Na+].[Na+].[Na+]. The van der Waals surface area contributed by atoms with Gasteiger partial charge in [0, 0.05) is 5.69 Å². The number of methoxy groups -OCH3 is 1. The largest absolute Gasteiger partial charge is 1.00 e. The van der Waals surface area contributed by atoms with Crippen LogP contribution in [0.4, 0.5) is 28.7 Å². The Kier molecular flexibility index (Phi) is 16.2. The summed E-state index contributed by atoms with van der Waals surface area (Å²) in [6.45, 7) is -0.109. The monoisotopic (exact) mass is 781 g/mol. The van der Waals surface area contributed by atoms with E-state index in [0.717, 1.165) is 12.1 Å². The van der Waals surface area contributed by atoms with Crippen molar-refractivity contribution >= 4 is 77.3 Å². The number of carbonyl (C=O) groups is 1. The first-order valence-electron chi connectivity index (χ1n) is 13.2. The molecule has 0 amide bonds. The standard InChI is InChI=1S/C28H22ClN7O10S2.3Na/c1-46-18-7-9-20(21(12-18)47(40,41)42)31-28-33-23(32-27(29)34-28)13-30-17-6-8-19-15(10-17)11-22(48(43,44)45)24(25(19)37)36-35-16-4-2-14(3-5-16)26(38)39;;;/h2-12,30,37H,13H2,1H3,(H,38,39)(H,40,41,42)(H,43,44,45)(H,31,32,33,34);;;/q;3*+1/p-3. The summed E-state index contributed by atoms with van der Waals surface area (Å²) in [4.78, 5) is 21.6. The van der Waals surface area contributed by atoms with Gasteiger partial charge in [-0.15, -0.1) is 5.11 Å². The van der Waals surface area contributed by atoms with Crippen LogP contribution in [0.15, 0.2) is 86.7 Å². The smallest absolute Gasteiger partial charge is 0.871 e. The van der Waals surface area contributed by atoms with Crippen LogP contribution in [0.2, 0.25) is 5.28 Å². The summed E-state index contributed by atoms with van der Waals surface area (Å²) < 4.78 is 76.7. The van der Waals surface area contributed by atoms with Crippen molar-refractivity contribution < 1.29 is 134 Å². The number of aromatic nitrogens is 3. The summed E-state index contributed by atoms with van der Waals surface area (Å²) in [5, 5.41) is 35.2. The van der Waals surface area contributed by atoms with Gasteiger partial charge in [-0.25, -0.2) is 26.6 Å². The molecule has 0 aliphatic carbocycles. The summed E-state index contributed by atoms with van der Waals surface area (Å²) >= 11 is 6.04. The summed E-state index contributed by atoms with van der Waals surface area (Å²) in [7, 11) is -8.83. The van der Waals surface area contributed by atoms with E-state index < -0.39 is 47.4 Å². The number of halogens is 1. The maximum absolute atomic E-state index is 13.2. The third-order valence-corrected chi connectivity index (χ3v) is 8.39. The predicted octanol–water partition coefficient (Wildman–Crippen LogP) is -4.95. The van der Waals surface area contributed by atoms with E-state index in [2.05, 4.69) is 35.8 Å². The number of nitrogens with one attached hydrogen (secondary N) is 2. The molecule has 248 valence electrons. The van der Waals surface area contributed by atoms with Gasteiger partial charge in [0.15, 0.2) is 5.82 Å². The molecule has 0 saturated carbocycles. The number of carboxylic acid groups (broad SMARTS) is 1. The Morgan fingerprint density at radius 3 is 2.16 bits per heavy atom. The summed E-state index contributed by atoms with van der Waals surface area (Å²) in [5.41, 5.74) is -0.457. The van der Waals surface area contributed by atoms with Gasteiger partial charge in [-0.1, -0.05) is 11.8 Å². The quantitative estimate of drug-likeness (QED) is 0.0644. The van der Waals surface area contributed by atoms with Gasteiger partial charge < -0.3 is 34.7 Å². The van der Waals surface area contributed by atoms with Crippen molar-refractivity contribution in [1.29, 1.82) is 0 Å². The van der Waals surface area contributed by atoms with E-state index >= 15 is 0 Å². The first-order valence-corrected chi connectivity index (χ1v) is 16.4. The molecule has 0 fully saturated rings. The molecule has 0 aliphatic heterocycles. The fraction of sp³-hybridized carbons (Fsp3) is 0.0714. The minimum atomic E-state index is -5.20. The van der Waals surface area contributed by atoms with Crippen molar-refractivity contribution in [3.63, 3.8) is 0 Å². The zero-order valence-electron chi connectivity index (χ0n) is 27.1. The van der Waals surface area contributed by atoms with Crippen LogP contribution < -0.4 is 109 Å². The number of anilines is 3. The van der Waals surface area contributed by atoms with Crippen LogP contribution in [-0.4, -0.2) is 59.1 Å². The maximum atomic E-state index is 13.2. The Bertz CT molecular complexity index is 2340. The second-order valence-electron chi connectivity index (χ2n) is 9.63. The van der Waals surface area contributed by atoms with E-state index in [1.54, 1.807) is 0 Å². The fourth-order valence-electron chi connectivity index (χ4n) is 4.28. The molecular weight excluding hydrogens is 763 g/mol. The number of rotatable bonds is 11.